The smallest absolute Gasteiger partial charge is 0.216 e. The van der Waals surface area contributed by atoms with Gasteiger partial charge in [0, 0.05) is 13.6 Å². The fourth-order valence-corrected chi connectivity index (χ4v) is 2.60. The van der Waals surface area contributed by atoms with E-state index in [2.05, 4.69) is 0 Å². The lowest BCUT2D eigenvalue weighted by Gasteiger charge is -2.18. The summed E-state index contributed by atoms with van der Waals surface area (Å²) < 4.78 is 30.7. The van der Waals surface area contributed by atoms with Crippen LogP contribution in [0.1, 0.15) is 25.0 Å². The molecular formula is C14H20N2O3S. The van der Waals surface area contributed by atoms with Gasteiger partial charge in [-0.1, -0.05) is 12.1 Å². The molecule has 110 valence electrons. The van der Waals surface area contributed by atoms with Crippen molar-refractivity contribution in [3.63, 3.8) is 0 Å². The maximum absolute atomic E-state index is 12.1. The van der Waals surface area contributed by atoms with Crippen LogP contribution >= 0.6 is 0 Å². The molecule has 0 aromatic heterocycles. The lowest BCUT2D eigenvalue weighted by atomic mass is 10.1. The lowest BCUT2D eigenvalue weighted by molar-refractivity contribution is 0.0907. The Morgan fingerprint density at radius 2 is 2.10 bits per heavy atom. The van der Waals surface area contributed by atoms with Crippen LogP contribution in [0.4, 0.5) is 0 Å². The molecule has 0 spiro atoms. The molecule has 0 fully saturated rings. The first-order valence-electron chi connectivity index (χ1n) is 6.40. The minimum atomic E-state index is -3.35. The fraction of sp³-hybridized carbons (Fsp3) is 0.500. The van der Waals surface area contributed by atoms with Crippen molar-refractivity contribution in [1.82, 2.24) is 4.31 Å². The minimum Gasteiger partial charge on any atom is -0.378 e. The van der Waals surface area contributed by atoms with Gasteiger partial charge >= 0.3 is 0 Å². The molecule has 0 aliphatic rings. The standard InChI is InChI=1S/C14H20N2O3S/c1-12(2)19-7-8-20(17,18)16(3)11-14-6-4-5-13(9-14)10-15/h4-6,9,12H,7-8,11H2,1-3H3. The van der Waals surface area contributed by atoms with E-state index in [1.807, 2.05) is 19.9 Å². The van der Waals surface area contributed by atoms with Crippen LogP contribution in [-0.2, 0) is 21.3 Å². The Morgan fingerprint density at radius 3 is 2.70 bits per heavy atom. The summed E-state index contributed by atoms with van der Waals surface area (Å²) in [5, 5.41) is 8.83. The Labute approximate surface area is 120 Å². The largest absolute Gasteiger partial charge is 0.378 e. The highest BCUT2D eigenvalue weighted by atomic mass is 32.2. The molecule has 0 aliphatic heterocycles. The van der Waals surface area contributed by atoms with Crippen molar-refractivity contribution >= 4 is 10.0 Å². The van der Waals surface area contributed by atoms with Crippen LogP contribution in [0, 0.1) is 11.3 Å². The van der Waals surface area contributed by atoms with Crippen molar-refractivity contribution in [2.24, 2.45) is 0 Å². The maximum Gasteiger partial charge on any atom is 0.216 e. The van der Waals surface area contributed by atoms with E-state index in [1.165, 1.54) is 11.4 Å². The molecule has 0 N–H and O–H groups in total. The highest BCUT2D eigenvalue weighted by Gasteiger charge is 2.18. The van der Waals surface area contributed by atoms with E-state index in [0.717, 1.165) is 5.56 Å². The van der Waals surface area contributed by atoms with Crippen LogP contribution in [-0.4, -0.2) is 38.2 Å². The zero-order valence-electron chi connectivity index (χ0n) is 12.0. The highest BCUT2D eigenvalue weighted by Crippen LogP contribution is 2.10. The first-order chi connectivity index (χ1) is 9.35. The number of nitriles is 1. The highest BCUT2D eigenvalue weighted by molar-refractivity contribution is 7.89. The molecule has 0 bridgehead atoms. The third-order valence-corrected chi connectivity index (χ3v) is 4.49. The second-order valence-corrected chi connectivity index (χ2v) is 7.00. The summed E-state index contributed by atoms with van der Waals surface area (Å²) in [5.74, 6) is -0.0420. The Hall–Kier alpha value is -1.42. The maximum atomic E-state index is 12.1. The third-order valence-electron chi connectivity index (χ3n) is 2.73. The van der Waals surface area contributed by atoms with E-state index >= 15 is 0 Å². The van der Waals surface area contributed by atoms with E-state index in [4.69, 9.17) is 10.00 Å². The molecule has 0 saturated carbocycles. The fourth-order valence-electron chi connectivity index (χ4n) is 1.64. The second-order valence-electron chi connectivity index (χ2n) is 4.80. The Kier molecular flexibility index (Phi) is 6.14. The molecule has 6 heteroatoms. The summed E-state index contributed by atoms with van der Waals surface area (Å²) in [7, 11) is -1.82. The van der Waals surface area contributed by atoms with Gasteiger partial charge in [0.15, 0.2) is 0 Å². The van der Waals surface area contributed by atoms with Crippen molar-refractivity contribution in [3.8, 4) is 6.07 Å². The first-order valence-corrected chi connectivity index (χ1v) is 8.00. The number of hydrogen-bond acceptors (Lipinski definition) is 4. The number of ether oxygens (including phenoxy) is 1. The molecule has 0 radical (unpaired) electrons. The number of rotatable bonds is 7. The van der Waals surface area contributed by atoms with Crippen molar-refractivity contribution in [3.05, 3.63) is 35.4 Å². The molecule has 1 aromatic rings. The molecule has 0 heterocycles. The zero-order valence-corrected chi connectivity index (χ0v) is 12.9. The van der Waals surface area contributed by atoms with Crippen LogP contribution in [0.25, 0.3) is 0 Å². The number of nitrogens with zero attached hydrogens (tertiary/aromatic N) is 2. The summed E-state index contributed by atoms with van der Waals surface area (Å²) >= 11 is 0. The van der Waals surface area contributed by atoms with Gasteiger partial charge in [0.2, 0.25) is 10.0 Å². The van der Waals surface area contributed by atoms with Crippen molar-refractivity contribution in [1.29, 1.82) is 5.26 Å². The van der Waals surface area contributed by atoms with Gasteiger partial charge in [0.25, 0.3) is 0 Å². The minimum absolute atomic E-state index is 0.0165. The summed E-state index contributed by atoms with van der Waals surface area (Å²) in [6.45, 7) is 4.16. The predicted octanol–water partition coefficient (Wildman–Crippen LogP) is 1.74. The normalized spacial score (nSPS) is 11.8. The van der Waals surface area contributed by atoms with Gasteiger partial charge in [-0.05, 0) is 31.5 Å². The van der Waals surface area contributed by atoms with E-state index in [9.17, 15) is 8.42 Å². The van der Waals surface area contributed by atoms with Gasteiger partial charge in [0.1, 0.15) is 0 Å². The zero-order chi connectivity index (χ0) is 15.2. The number of benzene rings is 1. The quantitative estimate of drug-likeness (QED) is 0.768. The number of sulfonamides is 1. The van der Waals surface area contributed by atoms with Gasteiger partial charge in [-0.15, -0.1) is 0 Å². The molecule has 1 aromatic carbocycles. The molecule has 0 amide bonds. The summed E-state index contributed by atoms with van der Waals surface area (Å²) in [4.78, 5) is 0. The molecule has 5 nitrogen and oxygen atoms in total. The average Bonchev–Trinajstić information content (AvgIpc) is 2.38. The average molecular weight is 296 g/mol. The summed E-state index contributed by atoms with van der Waals surface area (Å²) in [6.07, 6.45) is 0.0165. The second kappa shape index (κ2) is 7.39. The molecule has 0 aliphatic carbocycles. The summed E-state index contributed by atoms with van der Waals surface area (Å²) in [6, 6.07) is 8.97. The Bertz CT molecular complexity index is 576. The van der Waals surface area contributed by atoms with Crippen LogP contribution in [0.15, 0.2) is 24.3 Å². The van der Waals surface area contributed by atoms with Gasteiger partial charge < -0.3 is 4.74 Å². The Morgan fingerprint density at radius 1 is 1.40 bits per heavy atom. The monoisotopic (exact) mass is 296 g/mol. The van der Waals surface area contributed by atoms with Gasteiger partial charge in [-0.2, -0.15) is 5.26 Å². The SMILES string of the molecule is CC(C)OCCS(=O)(=O)N(C)Cc1cccc(C#N)c1. The van der Waals surface area contributed by atoms with Crippen LogP contribution in [0.2, 0.25) is 0 Å². The van der Waals surface area contributed by atoms with E-state index in [-0.39, 0.29) is 25.0 Å². The van der Waals surface area contributed by atoms with Gasteiger partial charge in [-0.25, -0.2) is 12.7 Å². The van der Waals surface area contributed by atoms with Crippen molar-refractivity contribution < 1.29 is 13.2 Å². The molecule has 20 heavy (non-hydrogen) atoms. The summed E-state index contributed by atoms with van der Waals surface area (Å²) in [5.41, 5.74) is 1.32. The molecule has 0 atom stereocenters. The molecule has 1 rings (SSSR count). The van der Waals surface area contributed by atoms with Crippen molar-refractivity contribution in [2.75, 3.05) is 19.4 Å². The van der Waals surface area contributed by atoms with Gasteiger partial charge in [-0.3, -0.25) is 0 Å². The Balaban J connectivity index is 2.64. The number of hydrogen-bond donors (Lipinski definition) is 0. The van der Waals surface area contributed by atoms with E-state index < -0.39 is 10.0 Å². The topological polar surface area (TPSA) is 70.4 Å². The van der Waals surface area contributed by atoms with Crippen LogP contribution in [0.3, 0.4) is 0 Å². The van der Waals surface area contributed by atoms with Crippen LogP contribution < -0.4 is 0 Å². The van der Waals surface area contributed by atoms with Crippen molar-refractivity contribution in [2.45, 2.75) is 26.5 Å². The van der Waals surface area contributed by atoms with E-state index in [1.54, 1.807) is 24.3 Å². The van der Waals surface area contributed by atoms with E-state index in [0.29, 0.717) is 5.56 Å². The lowest BCUT2D eigenvalue weighted by Crippen LogP contribution is -2.31. The predicted molar refractivity (Wildman–Crippen MR) is 77.5 cm³/mol. The third kappa shape index (κ3) is 5.29. The van der Waals surface area contributed by atoms with Crippen LogP contribution in [0.5, 0.6) is 0 Å². The first kappa shape index (κ1) is 16.6. The molecule has 0 unspecified atom stereocenters. The molecule has 0 saturated heterocycles. The van der Waals surface area contributed by atoms with Gasteiger partial charge in [0.05, 0.1) is 30.1 Å². The molecular weight excluding hydrogens is 276 g/mol.